The molecule has 3 N–H and O–H groups in total. The fourth-order valence-corrected chi connectivity index (χ4v) is 2.00. The number of nitrogens with zero attached hydrogens (tertiary/aromatic N) is 3. The van der Waals surface area contributed by atoms with Crippen molar-refractivity contribution < 1.29 is 9.18 Å². The van der Waals surface area contributed by atoms with Gasteiger partial charge in [-0.15, -0.1) is 0 Å². The summed E-state index contributed by atoms with van der Waals surface area (Å²) in [6, 6.07) is 3.93. The molecule has 0 aliphatic heterocycles. The summed E-state index contributed by atoms with van der Waals surface area (Å²) in [5, 5.41) is 6.70. The summed E-state index contributed by atoms with van der Waals surface area (Å²) in [6.45, 7) is 0. The number of carbonyl (C=O) groups excluding carboxylic acids is 1. The zero-order chi connectivity index (χ0) is 15.0. The van der Waals surface area contributed by atoms with Crippen LogP contribution in [0.2, 0.25) is 5.15 Å². The Balaban J connectivity index is 1.95. The van der Waals surface area contributed by atoms with Crippen molar-refractivity contribution >= 4 is 34.4 Å². The monoisotopic (exact) mass is 305 g/mol. The molecule has 0 unspecified atom stereocenters. The molecular weight excluding hydrogens is 297 g/mol. The first-order valence-corrected chi connectivity index (χ1v) is 6.27. The third-order valence-corrected chi connectivity index (χ3v) is 3.05. The molecule has 8 heteroatoms. The highest BCUT2D eigenvalue weighted by Gasteiger charge is 2.15. The van der Waals surface area contributed by atoms with Crippen LogP contribution in [-0.4, -0.2) is 20.5 Å². The fraction of sp³-hybridized carbons (Fsp3) is 0. The Morgan fingerprint density at radius 2 is 2.19 bits per heavy atom. The van der Waals surface area contributed by atoms with Crippen LogP contribution in [0.1, 0.15) is 10.4 Å². The van der Waals surface area contributed by atoms with Gasteiger partial charge in [-0.3, -0.25) is 4.79 Å². The number of aromatic nitrogens is 3. The molecule has 2 heterocycles. The van der Waals surface area contributed by atoms with Gasteiger partial charge in [0.25, 0.3) is 5.91 Å². The summed E-state index contributed by atoms with van der Waals surface area (Å²) < 4.78 is 15.0. The second kappa shape index (κ2) is 5.02. The van der Waals surface area contributed by atoms with E-state index in [0.717, 1.165) is 0 Å². The zero-order valence-electron chi connectivity index (χ0n) is 10.5. The van der Waals surface area contributed by atoms with Gasteiger partial charge in [-0.25, -0.2) is 13.9 Å². The minimum atomic E-state index is -0.574. The lowest BCUT2D eigenvalue weighted by Gasteiger charge is -2.06. The molecule has 1 amide bonds. The first-order valence-electron chi connectivity index (χ1n) is 5.90. The van der Waals surface area contributed by atoms with Gasteiger partial charge in [0.05, 0.1) is 35.4 Å². The summed E-state index contributed by atoms with van der Waals surface area (Å²) in [6.07, 6.45) is 4.24. The number of hydrogen-bond donors (Lipinski definition) is 2. The first-order chi connectivity index (χ1) is 10.0. The Hall–Kier alpha value is -2.67. The molecule has 1 aromatic carbocycles. The van der Waals surface area contributed by atoms with E-state index < -0.39 is 11.7 Å². The Morgan fingerprint density at radius 1 is 1.38 bits per heavy atom. The van der Waals surface area contributed by atoms with Crippen LogP contribution >= 0.6 is 11.6 Å². The van der Waals surface area contributed by atoms with E-state index >= 15 is 0 Å². The van der Waals surface area contributed by atoms with E-state index in [0.29, 0.717) is 11.2 Å². The molecule has 2 aromatic heterocycles. The average molecular weight is 306 g/mol. The third-order valence-electron chi connectivity index (χ3n) is 2.86. The topological polar surface area (TPSA) is 85.3 Å². The highest BCUT2D eigenvalue weighted by atomic mass is 35.5. The van der Waals surface area contributed by atoms with E-state index in [9.17, 15) is 9.18 Å². The second-order valence-electron chi connectivity index (χ2n) is 4.29. The number of nitrogens with two attached hydrogens (primary N) is 1. The van der Waals surface area contributed by atoms with Crippen LogP contribution in [0.4, 0.5) is 15.8 Å². The molecule has 0 saturated heterocycles. The molecule has 0 atom stereocenters. The molecule has 0 aliphatic carbocycles. The van der Waals surface area contributed by atoms with Gasteiger partial charge < -0.3 is 11.1 Å². The van der Waals surface area contributed by atoms with E-state index in [1.165, 1.54) is 41.3 Å². The molecule has 6 nitrogen and oxygen atoms in total. The van der Waals surface area contributed by atoms with Gasteiger partial charge in [0, 0.05) is 5.69 Å². The van der Waals surface area contributed by atoms with E-state index in [-0.39, 0.29) is 16.4 Å². The van der Waals surface area contributed by atoms with E-state index in [4.69, 9.17) is 17.3 Å². The van der Waals surface area contributed by atoms with Gasteiger partial charge in [0.15, 0.2) is 0 Å². The van der Waals surface area contributed by atoms with Crippen LogP contribution in [0.15, 0.2) is 36.8 Å². The number of anilines is 2. The molecular formula is C13H9ClFN5O. The molecule has 21 heavy (non-hydrogen) atoms. The van der Waals surface area contributed by atoms with Crippen molar-refractivity contribution in [1.29, 1.82) is 0 Å². The van der Waals surface area contributed by atoms with Crippen LogP contribution in [0.3, 0.4) is 0 Å². The van der Waals surface area contributed by atoms with Gasteiger partial charge in [0.1, 0.15) is 11.0 Å². The van der Waals surface area contributed by atoms with E-state index in [1.807, 2.05) is 0 Å². The third kappa shape index (κ3) is 2.50. The lowest BCUT2D eigenvalue weighted by Crippen LogP contribution is -2.13. The van der Waals surface area contributed by atoms with Crippen LogP contribution in [0.25, 0.3) is 5.52 Å². The number of carbonyl (C=O) groups is 1. The van der Waals surface area contributed by atoms with Gasteiger partial charge in [-0.2, -0.15) is 5.10 Å². The first kappa shape index (κ1) is 13.3. The molecule has 0 spiro atoms. The summed E-state index contributed by atoms with van der Waals surface area (Å²) in [5.74, 6) is -1.09. The molecule has 3 aromatic rings. The lowest BCUT2D eigenvalue weighted by atomic mass is 10.2. The number of hydrogen-bond acceptors (Lipinski definition) is 4. The Kier molecular flexibility index (Phi) is 3.19. The van der Waals surface area contributed by atoms with Crippen LogP contribution in [0, 0.1) is 5.82 Å². The average Bonchev–Trinajstić information content (AvgIpc) is 2.85. The minimum Gasteiger partial charge on any atom is -0.399 e. The summed E-state index contributed by atoms with van der Waals surface area (Å²) >= 11 is 5.74. The van der Waals surface area contributed by atoms with Crippen LogP contribution in [-0.2, 0) is 0 Å². The molecule has 0 aliphatic rings. The van der Waals surface area contributed by atoms with E-state index in [2.05, 4.69) is 15.4 Å². The largest absolute Gasteiger partial charge is 0.399 e. The Morgan fingerprint density at radius 3 is 3.00 bits per heavy atom. The highest BCUT2D eigenvalue weighted by molar-refractivity contribution is 6.29. The van der Waals surface area contributed by atoms with Crippen LogP contribution < -0.4 is 11.1 Å². The maximum atomic E-state index is 13.6. The molecule has 106 valence electrons. The molecule has 0 fully saturated rings. The number of nitrogen functional groups attached to an aromatic ring is 1. The number of benzene rings is 1. The van der Waals surface area contributed by atoms with Gasteiger partial charge in [-0.05, 0) is 18.2 Å². The maximum absolute atomic E-state index is 13.6. The summed E-state index contributed by atoms with van der Waals surface area (Å²) in [5.41, 5.74) is 6.63. The summed E-state index contributed by atoms with van der Waals surface area (Å²) in [7, 11) is 0. The van der Waals surface area contributed by atoms with Gasteiger partial charge in [-0.1, -0.05) is 11.6 Å². The SMILES string of the molecule is Nc1ccc(F)c(NC(=O)c2cnn3cc(Cl)ncc23)c1. The van der Waals surface area contributed by atoms with Gasteiger partial charge >= 0.3 is 0 Å². The van der Waals surface area contributed by atoms with Crippen LogP contribution in [0.5, 0.6) is 0 Å². The minimum absolute atomic E-state index is 0.00118. The smallest absolute Gasteiger partial charge is 0.259 e. The zero-order valence-corrected chi connectivity index (χ0v) is 11.3. The summed E-state index contributed by atoms with van der Waals surface area (Å²) in [4.78, 5) is 16.1. The Bertz CT molecular complexity index is 848. The molecule has 0 saturated carbocycles. The number of rotatable bonds is 2. The standard InChI is InChI=1S/C13H9ClFN5O/c14-12-6-20-11(5-17-12)8(4-18-20)13(21)19-10-3-7(16)1-2-9(10)15/h1-6H,16H2,(H,19,21). The lowest BCUT2D eigenvalue weighted by molar-refractivity contribution is 0.102. The highest BCUT2D eigenvalue weighted by Crippen LogP contribution is 2.19. The number of fused-ring (bicyclic) bond motifs is 1. The van der Waals surface area contributed by atoms with Crippen molar-refractivity contribution in [1.82, 2.24) is 14.6 Å². The molecule has 0 bridgehead atoms. The normalized spacial score (nSPS) is 10.8. The predicted octanol–water partition coefficient (Wildman–Crippen LogP) is 2.36. The molecule has 0 radical (unpaired) electrons. The van der Waals surface area contributed by atoms with Crippen molar-refractivity contribution in [3.8, 4) is 0 Å². The van der Waals surface area contributed by atoms with E-state index in [1.54, 1.807) is 0 Å². The number of amides is 1. The number of nitrogens with one attached hydrogen (secondary N) is 1. The maximum Gasteiger partial charge on any atom is 0.259 e. The van der Waals surface area contributed by atoms with Crippen molar-refractivity contribution in [3.05, 3.63) is 53.3 Å². The second-order valence-corrected chi connectivity index (χ2v) is 4.68. The van der Waals surface area contributed by atoms with Crippen molar-refractivity contribution in [2.45, 2.75) is 0 Å². The fourth-order valence-electron chi connectivity index (χ4n) is 1.86. The van der Waals surface area contributed by atoms with Crippen molar-refractivity contribution in [3.63, 3.8) is 0 Å². The Labute approximate surface area is 123 Å². The van der Waals surface area contributed by atoms with Gasteiger partial charge in [0.2, 0.25) is 0 Å². The molecule has 3 rings (SSSR count). The van der Waals surface area contributed by atoms with Crippen molar-refractivity contribution in [2.24, 2.45) is 0 Å². The quantitative estimate of drug-likeness (QED) is 0.712. The van der Waals surface area contributed by atoms with Crippen molar-refractivity contribution in [2.75, 3.05) is 11.1 Å². The number of halogens is 2. The predicted molar refractivity (Wildman–Crippen MR) is 76.8 cm³/mol.